The van der Waals surface area contributed by atoms with Crippen molar-refractivity contribution in [1.29, 1.82) is 0 Å². The molecule has 0 aliphatic heterocycles. The van der Waals surface area contributed by atoms with Gasteiger partial charge in [0.05, 0.1) is 0 Å². The summed E-state index contributed by atoms with van der Waals surface area (Å²) < 4.78 is 0. The predicted octanol–water partition coefficient (Wildman–Crippen LogP) is 14.0. The van der Waals surface area contributed by atoms with E-state index in [2.05, 4.69) is 220 Å². The molecule has 0 N–H and O–H groups in total. The molecule has 0 radical (unpaired) electrons. The Labute approximate surface area is 303 Å². The maximum absolute atomic E-state index is 2.37. The monoisotopic (exact) mass is 660 g/mol. The van der Waals surface area contributed by atoms with Crippen LogP contribution in [-0.2, 0) is 0 Å². The number of aryl methyl sites for hydroxylation is 5. The number of para-hydroxylation sites is 2. The molecule has 0 aliphatic rings. The lowest BCUT2D eigenvalue weighted by Gasteiger charge is -2.29. The van der Waals surface area contributed by atoms with Crippen LogP contribution in [-0.4, -0.2) is 0 Å². The first kappa shape index (κ1) is 33.4. The Kier molecular flexibility index (Phi) is 9.67. The summed E-state index contributed by atoms with van der Waals surface area (Å²) in [6, 6.07) is 59.1. The number of rotatable bonds is 9. The number of benzene rings is 7. The Bertz CT molecular complexity index is 2220. The van der Waals surface area contributed by atoms with E-state index >= 15 is 0 Å². The lowest BCUT2D eigenvalue weighted by Crippen LogP contribution is -2.12. The van der Waals surface area contributed by atoms with Crippen molar-refractivity contribution < 1.29 is 0 Å². The fourth-order valence-electron chi connectivity index (χ4n) is 6.78. The van der Waals surface area contributed by atoms with Gasteiger partial charge in [0.2, 0.25) is 0 Å². The Balaban J connectivity index is 1.11. The maximum atomic E-state index is 2.37. The molecule has 0 saturated heterocycles. The summed E-state index contributed by atoms with van der Waals surface area (Å²) in [6.07, 6.45) is 4.43. The average Bonchev–Trinajstić information content (AvgIpc) is 3.14. The Morgan fingerprint density at radius 1 is 0.353 bits per heavy atom. The van der Waals surface area contributed by atoms with E-state index in [4.69, 9.17) is 0 Å². The summed E-state index contributed by atoms with van der Waals surface area (Å²) in [5.41, 5.74) is 18.0. The van der Waals surface area contributed by atoms with Gasteiger partial charge in [-0.25, -0.2) is 0 Å². The molecule has 7 rings (SSSR count). The van der Waals surface area contributed by atoms with Gasteiger partial charge in [0.1, 0.15) is 0 Å². The van der Waals surface area contributed by atoms with Crippen LogP contribution in [0.2, 0.25) is 0 Å². The van der Waals surface area contributed by atoms with Gasteiger partial charge < -0.3 is 9.80 Å². The molecule has 51 heavy (non-hydrogen) atoms. The van der Waals surface area contributed by atoms with Gasteiger partial charge >= 0.3 is 0 Å². The second-order valence-corrected chi connectivity index (χ2v) is 13.5. The zero-order valence-electron chi connectivity index (χ0n) is 30.1. The van der Waals surface area contributed by atoms with Crippen LogP contribution in [0.4, 0.5) is 34.1 Å². The van der Waals surface area contributed by atoms with Crippen molar-refractivity contribution in [3.8, 4) is 11.1 Å². The number of anilines is 6. The highest BCUT2D eigenvalue weighted by Crippen LogP contribution is 2.39. The van der Waals surface area contributed by atoms with E-state index in [-0.39, 0.29) is 0 Å². The van der Waals surface area contributed by atoms with Gasteiger partial charge in [0, 0.05) is 34.1 Å². The van der Waals surface area contributed by atoms with Crippen LogP contribution in [0.5, 0.6) is 0 Å². The molecular weight excluding hydrogens is 617 g/mol. The third-order valence-electron chi connectivity index (χ3n) is 9.57. The SMILES string of the molecule is Cc1cccc(N(c2ccc(-c3ccc(C=Cc4ccc(N(c5ccccc5C)c5ccccc5C)cc4C)cc3)cc2)c2cccc(C)c2)c1. The lowest BCUT2D eigenvalue weighted by molar-refractivity contribution is 1.22. The first-order valence-electron chi connectivity index (χ1n) is 17.7. The van der Waals surface area contributed by atoms with Gasteiger partial charge in [-0.3, -0.25) is 0 Å². The molecular formula is C49H44N2. The van der Waals surface area contributed by atoms with Crippen LogP contribution in [0, 0.1) is 34.6 Å². The molecule has 0 spiro atoms. The highest BCUT2D eigenvalue weighted by Gasteiger charge is 2.17. The fraction of sp³-hybridized carbons (Fsp3) is 0.102. The average molecular weight is 661 g/mol. The zero-order valence-corrected chi connectivity index (χ0v) is 30.1. The summed E-state index contributed by atoms with van der Waals surface area (Å²) in [7, 11) is 0. The highest BCUT2D eigenvalue weighted by molar-refractivity contribution is 5.83. The van der Waals surface area contributed by atoms with Crippen molar-refractivity contribution in [2.24, 2.45) is 0 Å². The van der Waals surface area contributed by atoms with Crippen LogP contribution in [0.3, 0.4) is 0 Å². The van der Waals surface area contributed by atoms with Crippen LogP contribution >= 0.6 is 0 Å². The van der Waals surface area contributed by atoms with Crippen molar-refractivity contribution >= 4 is 46.3 Å². The van der Waals surface area contributed by atoms with Gasteiger partial charge in [-0.1, -0.05) is 115 Å². The van der Waals surface area contributed by atoms with E-state index in [0.717, 1.165) is 22.7 Å². The van der Waals surface area contributed by atoms with Gasteiger partial charge in [-0.05, 0) is 145 Å². The van der Waals surface area contributed by atoms with Crippen LogP contribution in [0.1, 0.15) is 38.9 Å². The third kappa shape index (κ3) is 7.41. The Hall–Kier alpha value is -6.12. The third-order valence-corrected chi connectivity index (χ3v) is 9.57. The Morgan fingerprint density at radius 3 is 1.35 bits per heavy atom. The lowest BCUT2D eigenvalue weighted by atomic mass is 10.0. The number of nitrogens with zero attached hydrogens (tertiary/aromatic N) is 2. The topological polar surface area (TPSA) is 6.48 Å². The predicted molar refractivity (Wildman–Crippen MR) is 220 cm³/mol. The molecule has 0 aliphatic carbocycles. The van der Waals surface area contributed by atoms with E-state index < -0.39 is 0 Å². The standard InChI is InChI=1S/C49H44N2/c1-35-12-10-16-45(32-35)50(46-17-11-13-36(2)33-46)44-29-27-43(28-30-44)42-24-21-40(22-25-42)20-23-41-26-31-47(34-39(41)5)51(48-18-8-6-14-37(48)3)49-19-9-7-15-38(49)4/h6-34H,1-5H3. The molecule has 250 valence electrons. The fourth-order valence-corrected chi connectivity index (χ4v) is 6.78. The van der Waals surface area contributed by atoms with Crippen molar-refractivity contribution in [1.82, 2.24) is 0 Å². The first-order valence-corrected chi connectivity index (χ1v) is 17.7. The Morgan fingerprint density at radius 2 is 0.843 bits per heavy atom. The second kappa shape index (κ2) is 14.8. The molecule has 0 saturated carbocycles. The number of hydrogen-bond acceptors (Lipinski definition) is 2. The van der Waals surface area contributed by atoms with Crippen LogP contribution in [0.25, 0.3) is 23.3 Å². The number of hydrogen-bond donors (Lipinski definition) is 0. The summed E-state index contributed by atoms with van der Waals surface area (Å²) in [6.45, 7) is 10.8. The molecule has 0 heterocycles. The van der Waals surface area contributed by atoms with E-state index in [1.807, 2.05) is 0 Å². The molecule has 0 fully saturated rings. The molecule has 2 heteroatoms. The van der Waals surface area contributed by atoms with E-state index in [1.165, 1.54) is 61.4 Å². The van der Waals surface area contributed by atoms with E-state index in [9.17, 15) is 0 Å². The minimum atomic E-state index is 1.14. The molecule has 7 aromatic rings. The van der Waals surface area contributed by atoms with E-state index in [0.29, 0.717) is 0 Å². The summed E-state index contributed by atoms with van der Waals surface area (Å²) in [5, 5.41) is 0. The highest BCUT2D eigenvalue weighted by atomic mass is 15.1. The molecule has 0 unspecified atom stereocenters. The maximum Gasteiger partial charge on any atom is 0.0490 e. The summed E-state index contributed by atoms with van der Waals surface area (Å²) in [4.78, 5) is 4.70. The van der Waals surface area contributed by atoms with Crippen molar-refractivity contribution in [3.63, 3.8) is 0 Å². The molecule has 0 aromatic heterocycles. The van der Waals surface area contributed by atoms with Crippen molar-refractivity contribution in [3.05, 3.63) is 203 Å². The molecule has 0 atom stereocenters. The van der Waals surface area contributed by atoms with Gasteiger partial charge in [-0.15, -0.1) is 0 Å². The normalized spacial score (nSPS) is 11.2. The van der Waals surface area contributed by atoms with Gasteiger partial charge in [0.25, 0.3) is 0 Å². The largest absolute Gasteiger partial charge is 0.310 e. The molecule has 7 aromatic carbocycles. The quantitative estimate of drug-likeness (QED) is 0.142. The molecule has 2 nitrogen and oxygen atoms in total. The van der Waals surface area contributed by atoms with Crippen LogP contribution < -0.4 is 9.80 Å². The minimum Gasteiger partial charge on any atom is -0.310 e. The first-order chi connectivity index (χ1) is 24.8. The molecule has 0 bridgehead atoms. The van der Waals surface area contributed by atoms with Crippen molar-refractivity contribution in [2.75, 3.05) is 9.80 Å². The van der Waals surface area contributed by atoms with E-state index in [1.54, 1.807) is 0 Å². The van der Waals surface area contributed by atoms with Crippen molar-refractivity contribution in [2.45, 2.75) is 34.6 Å². The summed E-state index contributed by atoms with van der Waals surface area (Å²) >= 11 is 0. The smallest absolute Gasteiger partial charge is 0.0490 e. The zero-order chi connectivity index (χ0) is 35.3. The van der Waals surface area contributed by atoms with Crippen LogP contribution in [0.15, 0.2) is 164 Å². The molecule has 0 amide bonds. The minimum absolute atomic E-state index is 1.14. The second-order valence-electron chi connectivity index (χ2n) is 13.5. The summed E-state index contributed by atoms with van der Waals surface area (Å²) in [5.74, 6) is 0. The van der Waals surface area contributed by atoms with Gasteiger partial charge in [-0.2, -0.15) is 0 Å². The van der Waals surface area contributed by atoms with Gasteiger partial charge in [0.15, 0.2) is 0 Å².